The second kappa shape index (κ2) is 7.44. The third kappa shape index (κ3) is 4.86. The molecule has 0 saturated heterocycles. The highest BCUT2D eigenvalue weighted by molar-refractivity contribution is 5.26. The van der Waals surface area contributed by atoms with Crippen LogP contribution in [0.5, 0.6) is 0 Å². The van der Waals surface area contributed by atoms with Crippen molar-refractivity contribution in [3.8, 4) is 0 Å². The zero-order valence-electron chi connectivity index (χ0n) is 11.2. The second-order valence-electron chi connectivity index (χ2n) is 4.71. The van der Waals surface area contributed by atoms with E-state index in [1.807, 2.05) is 13.0 Å². The van der Waals surface area contributed by atoms with Gasteiger partial charge in [-0.1, -0.05) is 32.8 Å². The maximum absolute atomic E-state index is 12.9. The van der Waals surface area contributed by atoms with E-state index >= 15 is 0 Å². The largest absolute Gasteiger partial charge is 0.316 e. The van der Waals surface area contributed by atoms with Gasteiger partial charge >= 0.3 is 0 Å². The Morgan fingerprint density at radius 1 is 1.24 bits per heavy atom. The van der Waals surface area contributed by atoms with Gasteiger partial charge in [-0.3, -0.25) is 0 Å². The van der Waals surface area contributed by atoms with Gasteiger partial charge in [0.15, 0.2) is 0 Å². The first-order valence-corrected chi connectivity index (χ1v) is 6.63. The lowest BCUT2D eigenvalue weighted by atomic mass is 10.0. The lowest BCUT2D eigenvalue weighted by Gasteiger charge is -2.13. The zero-order valence-corrected chi connectivity index (χ0v) is 11.2. The minimum absolute atomic E-state index is 0.142. The molecular weight excluding hydrogens is 213 g/mol. The fourth-order valence-electron chi connectivity index (χ4n) is 2.05. The van der Waals surface area contributed by atoms with E-state index in [9.17, 15) is 4.39 Å². The predicted molar refractivity (Wildman–Crippen MR) is 71.8 cm³/mol. The Morgan fingerprint density at radius 3 is 2.53 bits per heavy atom. The van der Waals surface area contributed by atoms with Gasteiger partial charge in [0.2, 0.25) is 0 Å². The van der Waals surface area contributed by atoms with Crippen molar-refractivity contribution in [2.75, 3.05) is 13.1 Å². The van der Waals surface area contributed by atoms with E-state index in [1.54, 1.807) is 12.1 Å². The van der Waals surface area contributed by atoms with Gasteiger partial charge in [0.1, 0.15) is 5.82 Å². The van der Waals surface area contributed by atoms with Gasteiger partial charge in [-0.25, -0.2) is 4.39 Å². The van der Waals surface area contributed by atoms with Crippen LogP contribution in [0.25, 0.3) is 0 Å². The molecule has 0 radical (unpaired) electrons. The van der Waals surface area contributed by atoms with Crippen molar-refractivity contribution in [2.24, 2.45) is 5.92 Å². The van der Waals surface area contributed by atoms with Crippen molar-refractivity contribution in [1.29, 1.82) is 0 Å². The molecule has 1 nitrogen and oxygen atoms in total. The number of aryl methyl sites for hydroxylation is 1. The fraction of sp³-hybridized carbons (Fsp3) is 0.600. The van der Waals surface area contributed by atoms with E-state index in [-0.39, 0.29) is 5.82 Å². The summed E-state index contributed by atoms with van der Waals surface area (Å²) >= 11 is 0. The van der Waals surface area contributed by atoms with E-state index in [4.69, 9.17) is 0 Å². The van der Waals surface area contributed by atoms with E-state index < -0.39 is 0 Å². The van der Waals surface area contributed by atoms with Gasteiger partial charge in [-0.05, 0) is 55.6 Å². The van der Waals surface area contributed by atoms with Crippen molar-refractivity contribution in [3.05, 3.63) is 35.1 Å². The summed E-state index contributed by atoms with van der Waals surface area (Å²) in [5, 5.41) is 3.48. The topological polar surface area (TPSA) is 12.0 Å². The molecule has 0 aliphatic rings. The van der Waals surface area contributed by atoms with Crippen LogP contribution in [0.1, 0.15) is 37.8 Å². The van der Waals surface area contributed by atoms with Crippen LogP contribution in [-0.4, -0.2) is 13.1 Å². The summed E-state index contributed by atoms with van der Waals surface area (Å²) in [4.78, 5) is 0. The Bertz CT molecular complexity index is 332. The molecule has 1 aromatic rings. The minimum Gasteiger partial charge on any atom is -0.316 e. The second-order valence-corrected chi connectivity index (χ2v) is 4.71. The Morgan fingerprint density at radius 2 is 1.94 bits per heavy atom. The number of benzene rings is 1. The predicted octanol–water partition coefficient (Wildman–Crippen LogP) is 3.70. The summed E-state index contributed by atoms with van der Waals surface area (Å²) in [6.07, 6.45) is 3.45. The molecule has 0 atom stereocenters. The number of halogens is 1. The number of hydrogen-bond acceptors (Lipinski definition) is 1. The Hall–Kier alpha value is -0.890. The normalized spacial score (nSPS) is 11.1. The number of hydrogen-bond donors (Lipinski definition) is 1. The van der Waals surface area contributed by atoms with Gasteiger partial charge in [-0.15, -0.1) is 0 Å². The summed E-state index contributed by atoms with van der Waals surface area (Å²) in [6.45, 7) is 8.51. The highest BCUT2D eigenvalue weighted by Gasteiger charge is 2.03. The van der Waals surface area contributed by atoms with Crippen LogP contribution in [0.3, 0.4) is 0 Å². The molecule has 96 valence electrons. The lowest BCUT2D eigenvalue weighted by Crippen LogP contribution is -2.24. The molecule has 0 heterocycles. The highest BCUT2D eigenvalue weighted by Crippen LogP contribution is 2.10. The molecule has 0 aromatic heterocycles. The van der Waals surface area contributed by atoms with Crippen molar-refractivity contribution in [1.82, 2.24) is 5.32 Å². The zero-order chi connectivity index (χ0) is 12.7. The summed E-state index contributed by atoms with van der Waals surface area (Å²) in [5.74, 6) is 0.639. The molecule has 0 spiro atoms. The van der Waals surface area contributed by atoms with Gasteiger partial charge < -0.3 is 5.32 Å². The highest BCUT2D eigenvalue weighted by atomic mass is 19.1. The Labute approximate surface area is 104 Å². The van der Waals surface area contributed by atoms with Crippen molar-refractivity contribution < 1.29 is 4.39 Å². The van der Waals surface area contributed by atoms with Crippen molar-refractivity contribution in [2.45, 2.75) is 40.0 Å². The summed E-state index contributed by atoms with van der Waals surface area (Å²) < 4.78 is 12.9. The molecule has 1 N–H and O–H groups in total. The molecule has 0 saturated carbocycles. The third-order valence-electron chi connectivity index (χ3n) is 3.46. The van der Waals surface area contributed by atoms with Crippen molar-refractivity contribution >= 4 is 0 Å². The standard InChI is InChI=1S/C15H24FN/c1-4-13(5-2)11-17-9-8-14-6-7-15(16)10-12(14)3/h6-7,10,13,17H,4-5,8-9,11H2,1-3H3. The molecule has 0 aliphatic carbocycles. The molecule has 1 aromatic carbocycles. The molecule has 0 aliphatic heterocycles. The van der Waals surface area contributed by atoms with Gasteiger partial charge in [0.05, 0.1) is 0 Å². The van der Waals surface area contributed by atoms with E-state index in [0.717, 1.165) is 31.0 Å². The molecule has 0 fully saturated rings. The number of nitrogens with one attached hydrogen (secondary N) is 1. The van der Waals surface area contributed by atoms with E-state index in [0.29, 0.717) is 0 Å². The summed E-state index contributed by atoms with van der Waals surface area (Å²) in [6, 6.07) is 5.04. The van der Waals surface area contributed by atoms with E-state index in [1.165, 1.54) is 18.4 Å². The van der Waals surface area contributed by atoms with Crippen LogP contribution in [0.2, 0.25) is 0 Å². The maximum atomic E-state index is 12.9. The van der Waals surface area contributed by atoms with Crippen LogP contribution in [0.4, 0.5) is 4.39 Å². The first kappa shape index (κ1) is 14.2. The Kier molecular flexibility index (Phi) is 6.20. The van der Waals surface area contributed by atoms with Gasteiger partial charge in [-0.2, -0.15) is 0 Å². The van der Waals surface area contributed by atoms with Crippen LogP contribution >= 0.6 is 0 Å². The summed E-state index contributed by atoms with van der Waals surface area (Å²) in [5.41, 5.74) is 2.29. The third-order valence-corrected chi connectivity index (χ3v) is 3.46. The minimum atomic E-state index is -0.142. The van der Waals surface area contributed by atoms with Gasteiger partial charge in [0.25, 0.3) is 0 Å². The molecule has 17 heavy (non-hydrogen) atoms. The fourth-order valence-corrected chi connectivity index (χ4v) is 2.05. The first-order valence-electron chi connectivity index (χ1n) is 6.63. The van der Waals surface area contributed by atoms with Crippen LogP contribution in [0, 0.1) is 18.7 Å². The molecule has 0 bridgehead atoms. The molecular formula is C15H24FN. The first-order chi connectivity index (χ1) is 8.17. The Balaban J connectivity index is 2.31. The van der Waals surface area contributed by atoms with Crippen LogP contribution in [0.15, 0.2) is 18.2 Å². The SMILES string of the molecule is CCC(CC)CNCCc1ccc(F)cc1C. The van der Waals surface area contributed by atoms with Crippen LogP contribution in [-0.2, 0) is 6.42 Å². The van der Waals surface area contributed by atoms with Crippen molar-refractivity contribution in [3.63, 3.8) is 0 Å². The lowest BCUT2D eigenvalue weighted by molar-refractivity contribution is 0.451. The molecule has 0 unspecified atom stereocenters. The monoisotopic (exact) mass is 237 g/mol. The maximum Gasteiger partial charge on any atom is 0.123 e. The molecule has 0 amide bonds. The molecule has 1 rings (SSSR count). The van der Waals surface area contributed by atoms with Gasteiger partial charge in [0, 0.05) is 0 Å². The summed E-state index contributed by atoms with van der Waals surface area (Å²) in [7, 11) is 0. The van der Waals surface area contributed by atoms with Crippen LogP contribution < -0.4 is 5.32 Å². The average Bonchev–Trinajstić information content (AvgIpc) is 2.32. The smallest absolute Gasteiger partial charge is 0.123 e. The molecule has 2 heteroatoms. The average molecular weight is 237 g/mol. The quantitative estimate of drug-likeness (QED) is 0.713. The number of rotatable bonds is 7. The van der Waals surface area contributed by atoms with E-state index in [2.05, 4.69) is 19.2 Å².